The van der Waals surface area contributed by atoms with Gasteiger partial charge in [-0.15, -0.1) is 0 Å². The van der Waals surface area contributed by atoms with Crippen LogP contribution in [0.3, 0.4) is 0 Å². The highest BCUT2D eigenvalue weighted by molar-refractivity contribution is 4.65. The molecule has 1 saturated heterocycles. The molecule has 0 spiro atoms. The van der Waals surface area contributed by atoms with Crippen LogP contribution in [0.1, 0.15) is 110 Å². The van der Waals surface area contributed by atoms with Crippen molar-refractivity contribution in [3.05, 3.63) is 0 Å². The number of hydrogen-bond acceptors (Lipinski definition) is 3. The predicted molar refractivity (Wildman–Crippen MR) is 101 cm³/mol. The van der Waals surface area contributed by atoms with Gasteiger partial charge in [0.05, 0.1) is 19.3 Å². The van der Waals surface area contributed by atoms with Crippen molar-refractivity contribution in [3.63, 3.8) is 0 Å². The maximum atomic E-state index is 8.94. The van der Waals surface area contributed by atoms with E-state index in [0.717, 1.165) is 6.42 Å². The van der Waals surface area contributed by atoms with Crippen molar-refractivity contribution < 1.29 is 14.6 Å². The summed E-state index contributed by atoms with van der Waals surface area (Å²) in [6, 6.07) is 0. The third-order valence-corrected chi connectivity index (χ3v) is 5.09. The Hall–Kier alpha value is -0.120. The van der Waals surface area contributed by atoms with E-state index in [4.69, 9.17) is 14.6 Å². The van der Waals surface area contributed by atoms with Crippen LogP contribution < -0.4 is 0 Å². The maximum Gasteiger partial charge on any atom is 0.181 e. The van der Waals surface area contributed by atoms with Crippen LogP contribution >= 0.6 is 0 Å². The molecule has 0 bridgehead atoms. The molecule has 0 amide bonds. The first-order valence-corrected chi connectivity index (χ1v) is 10.7. The first kappa shape index (κ1) is 21.9. The molecule has 0 aromatic rings. The van der Waals surface area contributed by atoms with Crippen LogP contribution in [0.5, 0.6) is 0 Å². The largest absolute Gasteiger partial charge is 0.391 e. The summed E-state index contributed by atoms with van der Waals surface area (Å²) in [5.74, 6) is 0. The third-order valence-electron chi connectivity index (χ3n) is 5.09. The van der Waals surface area contributed by atoms with Crippen LogP contribution in [0.2, 0.25) is 0 Å². The Labute approximate surface area is 150 Å². The van der Waals surface area contributed by atoms with Crippen molar-refractivity contribution in [2.75, 3.05) is 13.2 Å². The van der Waals surface area contributed by atoms with Gasteiger partial charge in [0.25, 0.3) is 0 Å². The average Bonchev–Trinajstić information content (AvgIpc) is 3.06. The Balaban J connectivity index is 1.69. The zero-order chi connectivity index (χ0) is 17.3. The molecule has 144 valence electrons. The summed E-state index contributed by atoms with van der Waals surface area (Å²) in [5.41, 5.74) is 0. The van der Waals surface area contributed by atoms with Gasteiger partial charge >= 0.3 is 0 Å². The van der Waals surface area contributed by atoms with Crippen LogP contribution in [-0.2, 0) is 9.47 Å². The SMILES string of the molecule is CCCCCCCCCCCCCCCCCC1COC(CO)O1. The number of ether oxygens (including phenoxy) is 2. The van der Waals surface area contributed by atoms with Crippen molar-refractivity contribution in [2.24, 2.45) is 0 Å². The summed E-state index contributed by atoms with van der Waals surface area (Å²) in [5, 5.41) is 8.94. The van der Waals surface area contributed by atoms with Crippen molar-refractivity contribution in [3.8, 4) is 0 Å². The highest BCUT2D eigenvalue weighted by Crippen LogP contribution is 2.18. The lowest BCUT2D eigenvalue weighted by atomic mass is 10.0. The molecule has 1 heterocycles. The molecule has 1 fully saturated rings. The van der Waals surface area contributed by atoms with Crippen LogP contribution in [0.4, 0.5) is 0 Å². The molecule has 1 aliphatic heterocycles. The lowest BCUT2D eigenvalue weighted by Gasteiger charge is -2.09. The Morgan fingerprint density at radius 3 is 1.58 bits per heavy atom. The molecule has 0 radical (unpaired) electrons. The van der Waals surface area contributed by atoms with Crippen LogP contribution in [0, 0.1) is 0 Å². The number of rotatable bonds is 17. The van der Waals surface area contributed by atoms with Gasteiger partial charge < -0.3 is 14.6 Å². The lowest BCUT2D eigenvalue weighted by Crippen LogP contribution is -2.15. The minimum Gasteiger partial charge on any atom is -0.391 e. The number of hydrogen-bond donors (Lipinski definition) is 1. The van der Waals surface area contributed by atoms with E-state index < -0.39 is 0 Å². The molecule has 0 aromatic carbocycles. The second kappa shape index (κ2) is 16.4. The normalized spacial score (nSPS) is 20.8. The van der Waals surface area contributed by atoms with Gasteiger partial charge in [0, 0.05) is 0 Å². The average molecular weight is 343 g/mol. The fourth-order valence-corrected chi connectivity index (χ4v) is 3.50. The Bertz CT molecular complexity index is 257. The minimum atomic E-state index is -0.369. The summed E-state index contributed by atoms with van der Waals surface area (Å²) < 4.78 is 10.9. The second-order valence-corrected chi connectivity index (χ2v) is 7.44. The van der Waals surface area contributed by atoms with Crippen LogP contribution in [-0.4, -0.2) is 30.7 Å². The number of unbranched alkanes of at least 4 members (excludes halogenated alkanes) is 14. The summed E-state index contributed by atoms with van der Waals surface area (Å²) in [4.78, 5) is 0. The molecule has 2 atom stereocenters. The van der Waals surface area contributed by atoms with Gasteiger partial charge in [-0.25, -0.2) is 0 Å². The molecule has 1 aliphatic rings. The quantitative estimate of drug-likeness (QED) is 0.330. The molecule has 1 rings (SSSR count). The first-order chi connectivity index (χ1) is 11.9. The van der Waals surface area contributed by atoms with E-state index in [0.29, 0.717) is 6.61 Å². The molecule has 3 heteroatoms. The topological polar surface area (TPSA) is 38.7 Å². The fourth-order valence-electron chi connectivity index (χ4n) is 3.50. The molecule has 0 aliphatic carbocycles. The summed E-state index contributed by atoms with van der Waals surface area (Å²) in [6.07, 6.45) is 21.9. The molecule has 2 unspecified atom stereocenters. The van der Waals surface area contributed by atoms with E-state index in [-0.39, 0.29) is 19.0 Å². The van der Waals surface area contributed by atoms with Gasteiger partial charge in [0.2, 0.25) is 0 Å². The van der Waals surface area contributed by atoms with E-state index >= 15 is 0 Å². The van der Waals surface area contributed by atoms with Gasteiger partial charge in [-0.05, 0) is 6.42 Å². The summed E-state index contributed by atoms with van der Waals surface area (Å²) >= 11 is 0. The molecular weight excluding hydrogens is 300 g/mol. The third kappa shape index (κ3) is 12.3. The lowest BCUT2D eigenvalue weighted by molar-refractivity contribution is -0.0885. The van der Waals surface area contributed by atoms with E-state index in [2.05, 4.69) is 6.92 Å². The Morgan fingerprint density at radius 1 is 0.708 bits per heavy atom. The van der Waals surface area contributed by atoms with Crippen LogP contribution in [0.25, 0.3) is 0 Å². The molecular formula is C21H42O3. The Morgan fingerprint density at radius 2 is 1.17 bits per heavy atom. The van der Waals surface area contributed by atoms with Gasteiger partial charge in [-0.1, -0.05) is 103 Å². The van der Waals surface area contributed by atoms with E-state index in [9.17, 15) is 0 Å². The summed E-state index contributed by atoms with van der Waals surface area (Å²) in [6.45, 7) is 2.92. The van der Waals surface area contributed by atoms with E-state index in [1.165, 1.54) is 96.3 Å². The molecule has 0 aromatic heterocycles. The molecule has 1 N–H and O–H groups in total. The fraction of sp³-hybridized carbons (Fsp3) is 1.00. The van der Waals surface area contributed by atoms with Crippen molar-refractivity contribution in [1.29, 1.82) is 0 Å². The summed E-state index contributed by atoms with van der Waals surface area (Å²) in [7, 11) is 0. The zero-order valence-electron chi connectivity index (χ0n) is 16.1. The van der Waals surface area contributed by atoms with E-state index in [1.54, 1.807) is 0 Å². The number of aliphatic hydroxyl groups excluding tert-OH is 1. The van der Waals surface area contributed by atoms with Gasteiger partial charge in [-0.2, -0.15) is 0 Å². The zero-order valence-corrected chi connectivity index (χ0v) is 16.1. The van der Waals surface area contributed by atoms with Crippen molar-refractivity contribution in [2.45, 2.75) is 122 Å². The second-order valence-electron chi connectivity index (χ2n) is 7.44. The minimum absolute atomic E-state index is 0.0185. The maximum absolute atomic E-state index is 8.94. The van der Waals surface area contributed by atoms with Gasteiger partial charge in [0.15, 0.2) is 6.29 Å². The van der Waals surface area contributed by atoms with E-state index in [1.807, 2.05) is 0 Å². The Kier molecular flexibility index (Phi) is 14.9. The monoisotopic (exact) mass is 342 g/mol. The smallest absolute Gasteiger partial charge is 0.181 e. The number of aliphatic hydroxyl groups is 1. The van der Waals surface area contributed by atoms with Gasteiger partial charge in [-0.3, -0.25) is 0 Å². The molecule has 24 heavy (non-hydrogen) atoms. The predicted octanol–water partition coefficient (Wildman–Crippen LogP) is 5.98. The van der Waals surface area contributed by atoms with Gasteiger partial charge in [0.1, 0.15) is 0 Å². The molecule has 0 saturated carbocycles. The van der Waals surface area contributed by atoms with Crippen molar-refractivity contribution in [1.82, 2.24) is 0 Å². The highest BCUT2D eigenvalue weighted by Gasteiger charge is 2.24. The first-order valence-electron chi connectivity index (χ1n) is 10.7. The van der Waals surface area contributed by atoms with Crippen LogP contribution in [0.15, 0.2) is 0 Å². The molecule has 3 nitrogen and oxygen atoms in total. The highest BCUT2D eigenvalue weighted by atomic mass is 16.7. The van der Waals surface area contributed by atoms with Crippen molar-refractivity contribution >= 4 is 0 Å². The standard InChI is InChI=1S/C21H42O3/c1-2-3-4-5-6-7-8-9-10-11-12-13-14-15-16-17-20-19-23-21(18-22)24-20/h20-22H,2-19H2,1H3.